The molecule has 1 aromatic heterocycles. The molecule has 0 unspecified atom stereocenters. The number of aromatic nitrogens is 2. The monoisotopic (exact) mass is 236 g/mol. The summed E-state index contributed by atoms with van der Waals surface area (Å²) >= 11 is 0. The SMILES string of the molecule is CCCCCCCc1cnc(C(=O)OC)nc1. The van der Waals surface area contributed by atoms with E-state index in [0.717, 1.165) is 18.4 Å². The van der Waals surface area contributed by atoms with Gasteiger partial charge in [0.15, 0.2) is 0 Å². The number of rotatable bonds is 7. The number of aryl methyl sites for hydroxylation is 1. The topological polar surface area (TPSA) is 52.1 Å². The van der Waals surface area contributed by atoms with Gasteiger partial charge in [0.05, 0.1) is 7.11 Å². The molecule has 0 N–H and O–H groups in total. The zero-order chi connectivity index (χ0) is 12.5. The van der Waals surface area contributed by atoms with E-state index in [4.69, 9.17) is 0 Å². The van der Waals surface area contributed by atoms with Crippen LogP contribution in [-0.4, -0.2) is 23.0 Å². The Morgan fingerprint density at radius 2 is 1.82 bits per heavy atom. The minimum absolute atomic E-state index is 0.127. The number of esters is 1. The van der Waals surface area contributed by atoms with Crippen molar-refractivity contribution in [2.45, 2.75) is 45.4 Å². The molecule has 4 heteroatoms. The Hall–Kier alpha value is -1.45. The molecule has 4 nitrogen and oxygen atoms in total. The van der Waals surface area contributed by atoms with E-state index >= 15 is 0 Å². The summed E-state index contributed by atoms with van der Waals surface area (Å²) in [6.07, 6.45) is 10.6. The molecule has 17 heavy (non-hydrogen) atoms. The predicted octanol–water partition coefficient (Wildman–Crippen LogP) is 2.78. The van der Waals surface area contributed by atoms with Crippen molar-refractivity contribution in [1.29, 1.82) is 0 Å². The second-order valence-corrected chi connectivity index (χ2v) is 4.07. The summed E-state index contributed by atoms with van der Waals surface area (Å²) < 4.78 is 4.54. The molecular formula is C13H20N2O2. The van der Waals surface area contributed by atoms with Gasteiger partial charge in [-0.3, -0.25) is 0 Å². The van der Waals surface area contributed by atoms with Gasteiger partial charge in [-0.05, 0) is 18.4 Å². The molecule has 0 aromatic carbocycles. The van der Waals surface area contributed by atoms with Crippen molar-refractivity contribution in [3.63, 3.8) is 0 Å². The average Bonchev–Trinajstić information content (AvgIpc) is 2.38. The molecule has 0 saturated heterocycles. The third-order valence-corrected chi connectivity index (χ3v) is 2.64. The number of carbonyl (C=O) groups is 1. The van der Waals surface area contributed by atoms with Crippen molar-refractivity contribution < 1.29 is 9.53 Å². The first-order valence-electron chi connectivity index (χ1n) is 6.17. The lowest BCUT2D eigenvalue weighted by molar-refractivity contribution is 0.0586. The first-order valence-corrected chi connectivity index (χ1v) is 6.17. The molecule has 0 amide bonds. The van der Waals surface area contributed by atoms with Crippen LogP contribution in [0.2, 0.25) is 0 Å². The zero-order valence-corrected chi connectivity index (χ0v) is 10.6. The summed E-state index contributed by atoms with van der Waals surface area (Å²) in [6, 6.07) is 0. The predicted molar refractivity (Wildman–Crippen MR) is 65.8 cm³/mol. The minimum atomic E-state index is -0.487. The van der Waals surface area contributed by atoms with Crippen LogP contribution in [0.3, 0.4) is 0 Å². The van der Waals surface area contributed by atoms with Crippen molar-refractivity contribution in [3.05, 3.63) is 23.8 Å². The zero-order valence-electron chi connectivity index (χ0n) is 10.6. The van der Waals surface area contributed by atoms with Crippen LogP contribution in [0, 0.1) is 0 Å². The van der Waals surface area contributed by atoms with Gasteiger partial charge >= 0.3 is 5.97 Å². The molecule has 0 spiro atoms. The fraction of sp³-hybridized carbons (Fsp3) is 0.615. The van der Waals surface area contributed by atoms with Crippen LogP contribution >= 0.6 is 0 Å². The molecule has 0 aliphatic rings. The molecule has 0 aliphatic heterocycles. The van der Waals surface area contributed by atoms with Gasteiger partial charge in [-0.2, -0.15) is 0 Å². The van der Waals surface area contributed by atoms with Crippen LogP contribution in [0.1, 0.15) is 55.2 Å². The van der Waals surface area contributed by atoms with Gasteiger partial charge in [-0.1, -0.05) is 32.6 Å². The summed E-state index contributed by atoms with van der Waals surface area (Å²) in [7, 11) is 1.33. The van der Waals surface area contributed by atoms with Gasteiger partial charge in [0.1, 0.15) is 0 Å². The summed E-state index contributed by atoms with van der Waals surface area (Å²) in [5.74, 6) is -0.360. The van der Waals surface area contributed by atoms with Crippen LogP contribution in [0.25, 0.3) is 0 Å². The molecule has 1 rings (SSSR count). The fourth-order valence-corrected chi connectivity index (χ4v) is 1.61. The lowest BCUT2D eigenvalue weighted by Gasteiger charge is -2.02. The maximum absolute atomic E-state index is 11.1. The van der Waals surface area contributed by atoms with Crippen molar-refractivity contribution in [2.75, 3.05) is 7.11 Å². The quantitative estimate of drug-likeness (QED) is 0.539. The number of hydrogen-bond donors (Lipinski definition) is 0. The van der Waals surface area contributed by atoms with Crippen molar-refractivity contribution >= 4 is 5.97 Å². The highest BCUT2D eigenvalue weighted by atomic mass is 16.5. The van der Waals surface area contributed by atoms with Crippen LogP contribution in [-0.2, 0) is 11.2 Å². The highest BCUT2D eigenvalue weighted by Gasteiger charge is 2.07. The van der Waals surface area contributed by atoms with E-state index in [9.17, 15) is 4.79 Å². The molecule has 0 radical (unpaired) electrons. The molecule has 1 aromatic rings. The summed E-state index contributed by atoms with van der Waals surface area (Å²) in [4.78, 5) is 19.1. The molecule has 0 aliphatic carbocycles. The lowest BCUT2D eigenvalue weighted by Crippen LogP contribution is -2.07. The number of methoxy groups -OCH3 is 1. The molecule has 0 saturated carbocycles. The van der Waals surface area contributed by atoms with Crippen molar-refractivity contribution in [1.82, 2.24) is 9.97 Å². The van der Waals surface area contributed by atoms with Gasteiger partial charge < -0.3 is 4.74 Å². The molecule has 1 heterocycles. The van der Waals surface area contributed by atoms with Crippen LogP contribution in [0.5, 0.6) is 0 Å². The number of nitrogens with zero attached hydrogens (tertiary/aromatic N) is 2. The maximum atomic E-state index is 11.1. The van der Waals surface area contributed by atoms with Crippen LogP contribution in [0.15, 0.2) is 12.4 Å². The largest absolute Gasteiger partial charge is 0.463 e. The summed E-state index contributed by atoms with van der Waals surface area (Å²) in [5.41, 5.74) is 1.08. The van der Waals surface area contributed by atoms with Crippen LogP contribution < -0.4 is 0 Å². The Labute approximate surface area is 102 Å². The van der Waals surface area contributed by atoms with E-state index in [0.29, 0.717) is 0 Å². The normalized spacial score (nSPS) is 10.2. The summed E-state index contributed by atoms with van der Waals surface area (Å²) in [6.45, 7) is 2.21. The van der Waals surface area contributed by atoms with E-state index in [1.54, 1.807) is 12.4 Å². The van der Waals surface area contributed by atoms with E-state index in [-0.39, 0.29) is 5.82 Å². The second-order valence-electron chi connectivity index (χ2n) is 4.07. The Balaban J connectivity index is 2.33. The smallest absolute Gasteiger partial charge is 0.376 e. The highest BCUT2D eigenvalue weighted by molar-refractivity contribution is 5.84. The van der Waals surface area contributed by atoms with Crippen molar-refractivity contribution in [3.8, 4) is 0 Å². The Kier molecular flexibility index (Phi) is 6.22. The van der Waals surface area contributed by atoms with Gasteiger partial charge in [-0.15, -0.1) is 0 Å². The standard InChI is InChI=1S/C13H20N2O2/c1-3-4-5-6-7-8-11-9-14-12(15-10-11)13(16)17-2/h9-10H,3-8H2,1-2H3. The van der Waals surface area contributed by atoms with Crippen molar-refractivity contribution in [2.24, 2.45) is 0 Å². The average molecular weight is 236 g/mol. The lowest BCUT2D eigenvalue weighted by atomic mass is 10.1. The molecule has 0 atom stereocenters. The molecule has 94 valence electrons. The minimum Gasteiger partial charge on any atom is -0.463 e. The summed E-state index contributed by atoms with van der Waals surface area (Å²) in [5, 5.41) is 0. The van der Waals surface area contributed by atoms with Gasteiger partial charge in [0.25, 0.3) is 0 Å². The van der Waals surface area contributed by atoms with E-state index in [2.05, 4.69) is 21.6 Å². The van der Waals surface area contributed by atoms with Gasteiger partial charge in [0.2, 0.25) is 5.82 Å². The van der Waals surface area contributed by atoms with E-state index in [1.165, 1.54) is 32.8 Å². The number of hydrogen-bond acceptors (Lipinski definition) is 4. The number of carbonyl (C=O) groups excluding carboxylic acids is 1. The maximum Gasteiger partial charge on any atom is 0.376 e. The molecule has 0 bridgehead atoms. The third kappa shape index (κ3) is 4.93. The fourth-order valence-electron chi connectivity index (χ4n) is 1.61. The van der Waals surface area contributed by atoms with E-state index < -0.39 is 5.97 Å². The molecule has 0 fully saturated rings. The first kappa shape index (κ1) is 13.6. The second kappa shape index (κ2) is 7.76. The third-order valence-electron chi connectivity index (χ3n) is 2.64. The van der Waals surface area contributed by atoms with Gasteiger partial charge in [0, 0.05) is 12.4 Å². The Morgan fingerprint density at radius 3 is 2.41 bits per heavy atom. The van der Waals surface area contributed by atoms with E-state index in [1.807, 2.05) is 0 Å². The Bertz CT molecular complexity index is 336. The highest BCUT2D eigenvalue weighted by Crippen LogP contribution is 2.07. The van der Waals surface area contributed by atoms with Gasteiger partial charge in [-0.25, -0.2) is 14.8 Å². The first-order chi connectivity index (χ1) is 8.27. The Morgan fingerprint density at radius 1 is 1.18 bits per heavy atom. The molecular weight excluding hydrogens is 216 g/mol. The van der Waals surface area contributed by atoms with Crippen LogP contribution in [0.4, 0.5) is 0 Å². The number of ether oxygens (including phenoxy) is 1. The number of unbranched alkanes of at least 4 members (excludes halogenated alkanes) is 4.